The summed E-state index contributed by atoms with van der Waals surface area (Å²) in [7, 11) is 0. The van der Waals surface area contributed by atoms with Crippen LogP contribution in [-0.4, -0.2) is 15.2 Å². The molecule has 88 valence electrons. The van der Waals surface area contributed by atoms with Gasteiger partial charge in [0.1, 0.15) is 15.8 Å². The van der Waals surface area contributed by atoms with Crippen LogP contribution in [0.4, 0.5) is 0 Å². The lowest BCUT2D eigenvalue weighted by molar-refractivity contribution is -0.107. The predicted octanol–water partition coefficient (Wildman–Crippen LogP) is 3.77. The van der Waals surface area contributed by atoms with Gasteiger partial charge in [0.2, 0.25) is 5.12 Å². The first-order chi connectivity index (χ1) is 8.19. The molecule has 2 heterocycles. The van der Waals surface area contributed by atoms with E-state index in [0.29, 0.717) is 11.5 Å². The van der Waals surface area contributed by atoms with E-state index in [1.165, 1.54) is 11.8 Å². The van der Waals surface area contributed by atoms with E-state index in [-0.39, 0.29) is 5.12 Å². The summed E-state index contributed by atoms with van der Waals surface area (Å²) in [6.45, 7) is 3.63. The van der Waals surface area contributed by atoms with E-state index in [1.807, 2.05) is 12.1 Å². The maximum Gasteiger partial charge on any atom is 0.244 e. The summed E-state index contributed by atoms with van der Waals surface area (Å²) >= 11 is 4.74. The van der Waals surface area contributed by atoms with Gasteiger partial charge in [0.15, 0.2) is 3.77 Å². The van der Waals surface area contributed by atoms with Crippen LogP contribution in [0.3, 0.4) is 0 Å². The SMILES string of the molecule is C=CCSC1=NC(=Cc2ccc(I)o2)C(=O)S1. The minimum absolute atomic E-state index is 0.0389. The molecule has 0 saturated heterocycles. The fraction of sp³-hybridized carbons (Fsp3) is 0.0909. The standard InChI is InChI=1S/C11H8INO2S2/c1-2-5-16-11-13-8(10(14)17-11)6-7-3-4-9(12)15-7/h2-4,6H,1,5H2. The molecule has 0 aliphatic carbocycles. The van der Waals surface area contributed by atoms with Crippen molar-refractivity contribution in [3.63, 3.8) is 0 Å². The highest BCUT2D eigenvalue weighted by Crippen LogP contribution is 2.31. The number of furan rings is 1. The van der Waals surface area contributed by atoms with Gasteiger partial charge in [0.05, 0.1) is 0 Å². The highest BCUT2D eigenvalue weighted by atomic mass is 127. The van der Waals surface area contributed by atoms with Crippen molar-refractivity contribution in [1.82, 2.24) is 0 Å². The molecular formula is C11H8INO2S2. The number of hydrogen-bond donors (Lipinski definition) is 0. The molecular weight excluding hydrogens is 369 g/mol. The maximum absolute atomic E-state index is 11.7. The lowest BCUT2D eigenvalue weighted by Crippen LogP contribution is -1.87. The Labute approximate surface area is 121 Å². The van der Waals surface area contributed by atoms with E-state index in [2.05, 4.69) is 34.2 Å². The van der Waals surface area contributed by atoms with Crippen molar-refractivity contribution in [2.75, 3.05) is 5.75 Å². The molecule has 2 rings (SSSR count). The molecule has 0 unspecified atom stereocenters. The summed E-state index contributed by atoms with van der Waals surface area (Å²) in [6, 6.07) is 3.66. The van der Waals surface area contributed by atoms with Crippen molar-refractivity contribution in [2.45, 2.75) is 0 Å². The number of carbonyl (C=O) groups excluding carboxylic acids is 1. The molecule has 0 saturated carbocycles. The van der Waals surface area contributed by atoms with Gasteiger partial charge in [-0.3, -0.25) is 4.79 Å². The fourth-order valence-electron chi connectivity index (χ4n) is 1.12. The number of rotatable bonds is 3. The molecule has 1 aliphatic rings. The molecule has 0 N–H and O–H groups in total. The van der Waals surface area contributed by atoms with Crippen LogP contribution >= 0.6 is 46.1 Å². The Morgan fingerprint density at radius 2 is 2.41 bits per heavy atom. The Hall–Kier alpha value is -0.470. The topological polar surface area (TPSA) is 42.6 Å². The predicted molar refractivity (Wildman–Crippen MR) is 82.1 cm³/mol. The second-order valence-corrected chi connectivity index (χ2v) is 6.33. The van der Waals surface area contributed by atoms with E-state index < -0.39 is 0 Å². The van der Waals surface area contributed by atoms with E-state index >= 15 is 0 Å². The van der Waals surface area contributed by atoms with E-state index in [4.69, 9.17) is 4.42 Å². The molecule has 0 atom stereocenters. The van der Waals surface area contributed by atoms with Crippen LogP contribution in [-0.2, 0) is 4.79 Å². The van der Waals surface area contributed by atoms with Crippen molar-refractivity contribution in [2.24, 2.45) is 4.99 Å². The van der Waals surface area contributed by atoms with Gasteiger partial charge in [-0.2, -0.15) is 0 Å². The first-order valence-electron chi connectivity index (χ1n) is 4.70. The van der Waals surface area contributed by atoms with Gasteiger partial charge in [-0.1, -0.05) is 17.8 Å². The van der Waals surface area contributed by atoms with Crippen LogP contribution in [0.2, 0.25) is 0 Å². The first-order valence-corrected chi connectivity index (χ1v) is 7.58. The van der Waals surface area contributed by atoms with E-state index in [0.717, 1.165) is 25.7 Å². The van der Waals surface area contributed by atoms with Crippen molar-refractivity contribution in [3.05, 3.63) is 40.0 Å². The van der Waals surface area contributed by atoms with Crippen LogP contribution in [0, 0.1) is 3.77 Å². The quantitative estimate of drug-likeness (QED) is 0.457. The summed E-state index contributed by atoms with van der Waals surface area (Å²) < 4.78 is 6.92. The van der Waals surface area contributed by atoms with Crippen LogP contribution in [0.5, 0.6) is 0 Å². The largest absolute Gasteiger partial charge is 0.451 e. The minimum atomic E-state index is -0.0389. The lowest BCUT2D eigenvalue weighted by Gasteiger charge is -1.90. The molecule has 0 bridgehead atoms. The third kappa shape index (κ3) is 3.49. The average molecular weight is 377 g/mol. The van der Waals surface area contributed by atoms with Gasteiger partial charge >= 0.3 is 0 Å². The van der Waals surface area contributed by atoms with E-state index in [9.17, 15) is 4.79 Å². The third-order valence-corrected chi connectivity index (χ3v) is 4.38. The smallest absolute Gasteiger partial charge is 0.244 e. The van der Waals surface area contributed by atoms with Gasteiger partial charge in [-0.25, -0.2) is 4.99 Å². The van der Waals surface area contributed by atoms with Gasteiger partial charge in [-0.15, -0.1) is 6.58 Å². The average Bonchev–Trinajstić information content (AvgIpc) is 2.84. The maximum atomic E-state index is 11.7. The summed E-state index contributed by atoms with van der Waals surface area (Å²) in [5.74, 6) is 1.41. The summed E-state index contributed by atoms with van der Waals surface area (Å²) in [5.41, 5.74) is 0.437. The molecule has 0 radical (unpaired) electrons. The first kappa shape index (κ1) is 13.0. The van der Waals surface area contributed by atoms with Crippen LogP contribution in [0.1, 0.15) is 5.76 Å². The molecule has 1 aliphatic heterocycles. The molecule has 17 heavy (non-hydrogen) atoms. The van der Waals surface area contributed by atoms with Crippen molar-refractivity contribution in [1.29, 1.82) is 0 Å². The third-order valence-electron chi connectivity index (χ3n) is 1.80. The number of aliphatic imine (C=N–C) groups is 1. The summed E-state index contributed by atoms with van der Waals surface area (Å²) in [5, 5.41) is -0.0389. The zero-order chi connectivity index (χ0) is 12.3. The summed E-state index contributed by atoms with van der Waals surface area (Å²) in [4.78, 5) is 15.9. The Bertz CT molecular complexity index is 519. The van der Waals surface area contributed by atoms with Crippen LogP contribution in [0.15, 0.2) is 39.9 Å². The number of thioether (sulfide) groups is 2. The van der Waals surface area contributed by atoms with Gasteiger partial charge < -0.3 is 4.42 Å². The molecule has 1 aromatic heterocycles. The monoisotopic (exact) mass is 377 g/mol. The Balaban J connectivity index is 2.15. The number of nitrogens with zero attached hydrogens (tertiary/aromatic N) is 1. The molecule has 0 spiro atoms. The Morgan fingerprint density at radius 1 is 1.59 bits per heavy atom. The van der Waals surface area contributed by atoms with Crippen molar-refractivity contribution < 1.29 is 9.21 Å². The molecule has 1 aromatic rings. The van der Waals surface area contributed by atoms with Gasteiger partial charge in [0, 0.05) is 11.8 Å². The lowest BCUT2D eigenvalue weighted by atomic mass is 10.3. The zero-order valence-corrected chi connectivity index (χ0v) is 12.5. The molecule has 3 nitrogen and oxygen atoms in total. The zero-order valence-electron chi connectivity index (χ0n) is 8.68. The molecule has 0 fully saturated rings. The van der Waals surface area contributed by atoms with Crippen LogP contribution in [0.25, 0.3) is 6.08 Å². The Morgan fingerprint density at radius 3 is 3.06 bits per heavy atom. The summed E-state index contributed by atoms with van der Waals surface area (Å²) in [6.07, 6.45) is 3.45. The highest BCUT2D eigenvalue weighted by molar-refractivity contribution is 14.1. The number of halogens is 1. The van der Waals surface area contributed by atoms with Gasteiger partial charge in [-0.05, 0) is 46.5 Å². The normalized spacial score (nSPS) is 17.6. The molecule has 6 heteroatoms. The van der Waals surface area contributed by atoms with Crippen molar-refractivity contribution >= 4 is 61.7 Å². The highest BCUT2D eigenvalue weighted by Gasteiger charge is 2.22. The fourth-order valence-corrected chi connectivity index (χ4v) is 3.16. The molecule has 0 aromatic carbocycles. The number of carbonyl (C=O) groups is 1. The molecule has 0 amide bonds. The minimum Gasteiger partial charge on any atom is -0.451 e. The Kier molecular flexibility index (Phi) is 4.52. The van der Waals surface area contributed by atoms with Gasteiger partial charge in [0.25, 0.3) is 0 Å². The van der Waals surface area contributed by atoms with Crippen LogP contribution < -0.4 is 0 Å². The van der Waals surface area contributed by atoms with E-state index in [1.54, 1.807) is 12.2 Å². The number of hydrogen-bond acceptors (Lipinski definition) is 5. The second kappa shape index (κ2) is 5.92. The van der Waals surface area contributed by atoms with Crippen molar-refractivity contribution in [3.8, 4) is 0 Å². The second-order valence-electron chi connectivity index (χ2n) is 3.04.